The van der Waals surface area contributed by atoms with E-state index >= 15 is 0 Å². The molecule has 17 heavy (non-hydrogen) atoms. The molecule has 0 bridgehead atoms. The van der Waals surface area contributed by atoms with Gasteiger partial charge in [0.2, 0.25) is 0 Å². The first-order valence-electron chi connectivity index (χ1n) is 5.70. The number of hydrogen-bond acceptors (Lipinski definition) is 1. The lowest BCUT2D eigenvalue weighted by Crippen LogP contribution is -1.96. The number of ether oxygens (including phenoxy) is 1. The molecule has 0 amide bonds. The van der Waals surface area contributed by atoms with Gasteiger partial charge in [0.15, 0.2) is 11.6 Å². The van der Waals surface area contributed by atoms with E-state index in [2.05, 4.69) is 0 Å². The van der Waals surface area contributed by atoms with Crippen molar-refractivity contribution in [1.29, 1.82) is 0 Å². The van der Waals surface area contributed by atoms with Crippen molar-refractivity contribution in [3.05, 3.63) is 59.9 Å². The van der Waals surface area contributed by atoms with Crippen molar-refractivity contribution >= 4 is 0 Å². The Kier molecular flexibility index (Phi) is 3.43. The van der Waals surface area contributed by atoms with Gasteiger partial charge >= 0.3 is 0 Å². The SMILES string of the molecule is CC(C)c1cccc(F)c1Oc1ccccc1. The second-order valence-electron chi connectivity index (χ2n) is 4.23. The molecule has 0 saturated carbocycles. The van der Waals surface area contributed by atoms with Gasteiger partial charge in [-0.1, -0.05) is 44.2 Å². The van der Waals surface area contributed by atoms with Crippen LogP contribution in [0, 0.1) is 5.82 Å². The zero-order valence-electron chi connectivity index (χ0n) is 9.98. The van der Waals surface area contributed by atoms with Crippen LogP contribution in [0.25, 0.3) is 0 Å². The molecule has 0 aliphatic heterocycles. The van der Waals surface area contributed by atoms with E-state index in [4.69, 9.17) is 4.74 Å². The van der Waals surface area contributed by atoms with Gasteiger partial charge in [0.1, 0.15) is 5.75 Å². The Bertz CT molecular complexity index is 492. The van der Waals surface area contributed by atoms with Crippen LogP contribution in [0.5, 0.6) is 11.5 Å². The van der Waals surface area contributed by atoms with Crippen LogP contribution in [-0.4, -0.2) is 0 Å². The molecule has 0 N–H and O–H groups in total. The van der Waals surface area contributed by atoms with E-state index in [1.54, 1.807) is 6.07 Å². The standard InChI is InChI=1S/C15H15FO/c1-11(2)13-9-6-10-14(16)15(13)17-12-7-4-3-5-8-12/h3-11H,1-2H3. The summed E-state index contributed by atoms with van der Waals surface area (Å²) in [6, 6.07) is 14.3. The lowest BCUT2D eigenvalue weighted by atomic mass is 10.0. The Morgan fingerprint density at radius 2 is 1.65 bits per heavy atom. The smallest absolute Gasteiger partial charge is 0.166 e. The summed E-state index contributed by atoms with van der Waals surface area (Å²) in [4.78, 5) is 0. The van der Waals surface area contributed by atoms with E-state index in [-0.39, 0.29) is 11.7 Å². The largest absolute Gasteiger partial charge is 0.454 e. The number of benzene rings is 2. The van der Waals surface area contributed by atoms with Crippen LogP contribution >= 0.6 is 0 Å². The maximum atomic E-state index is 13.8. The van der Waals surface area contributed by atoms with Crippen molar-refractivity contribution in [2.75, 3.05) is 0 Å². The zero-order valence-corrected chi connectivity index (χ0v) is 9.98. The highest BCUT2D eigenvalue weighted by Gasteiger charge is 2.13. The zero-order chi connectivity index (χ0) is 12.3. The molecule has 88 valence electrons. The minimum absolute atomic E-state index is 0.226. The van der Waals surface area contributed by atoms with E-state index in [0.29, 0.717) is 11.5 Å². The van der Waals surface area contributed by atoms with Crippen LogP contribution in [0.4, 0.5) is 4.39 Å². The second-order valence-corrected chi connectivity index (χ2v) is 4.23. The van der Waals surface area contributed by atoms with E-state index in [1.165, 1.54) is 6.07 Å². The quantitative estimate of drug-likeness (QED) is 0.739. The first-order valence-corrected chi connectivity index (χ1v) is 5.70. The third-order valence-electron chi connectivity index (χ3n) is 2.58. The van der Waals surface area contributed by atoms with Crippen molar-refractivity contribution in [2.45, 2.75) is 19.8 Å². The average Bonchev–Trinajstić information content (AvgIpc) is 2.33. The van der Waals surface area contributed by atoms with Crippen LogP contribution < -0.4 is 4.74 Å². The van der Waals surface area contributed by atoms with Crippen molar-refractivity contribution < 1.29 is 9.13 Å². The van der Waals surface area contributed by atoms with Crippen LogP contribution in [0.3, 0.4) is 0 Å². The van der Waals surface area contributed by atoms with Gasteiger partial charge in [-0.3, -0.25) is 0 Å². The van der Waals surface area contributed by atoms with Gasteiger partial charge in [-0.2, -0.15) is 0 Å². The van der Waals surface area contributed by atoms with Gasteiger partial charge in [0, 0.05) is 5.56 Å². The maximum absolute atomic E-state index is 13.8. The molecule has 0 fully saturated rings. The number of hydrogen-bond donors (Lipinski definition) is 0. The summed E-state index contributed by atoms with van der Waals surface area (Å²) in [7, 11) is 0. The van der Waals surface area contributed by atoms with Gasteiger partial charge in [-0.25, -0.2) is 4.39 Å². The molecular formula is C15H15FO. The molecule has 0 radical (unpaired) electrons. The molecule has 0 aromatic heterocycles. The van der Waals surface area contributed by atoms with Gasteiger partial charge < -0.3 is 4.74 Å². The minimum atomic E-state index is -0.319. The molecular weight excluding hydrogens is 215 g/mol. The fraction of sp³-hybridized carbons (Fsp3) is 0.200. The molecule has 0 atom stereocenters. The fourth-order valence-electron chi connectivity index (χ4n) is 1.69. The number of para-hydroxylation sites is 2. The highest BCUT2D eigenvalue weighted by atomic mass is 19.1. The fourth-order valence-corrected chi connectivity index (χ4v) is 1.69. The summed E-state index contributed by atoms with van der Waals surface area (Å²) in [5.74, 6) is 0.887. The topological polar surface area (TPSA) is 9.23 Å². The van der Waals surface area contributed by atoms with E-state index in [9.17, 15) is 4.39 Å². The van der Waals surface area contributed by atoms with Crippen LogP contribution in [-0.2, 0) is 0 Å². The summed E-state index contributed by atoms with van der Waals surface area (Å²) in [6.07, 6.45) is 0. The van der Waals surface area contributed by atoms with Crippen molar-refractivity contribution in [2.24, 2.45) is 0 Å². The van der Waals surface area contributed by atoms with Gasteiger partial charge in [-0.15, -0.1) is 0 Å². The highest BCUT2D eigenvalue weighted by Crippen LogP contribution is 2.32. The molecule has 0 aliphatic carbocycles. The molecule has 2 heteroatoms. The first-order chi connectivity index (χ1) is 8.18. The Morgan fingerprint density at radius 1 is 0.941 bits per heavy atom. The molecule has 0 unspecified atom stereocenters. The van der Waals surface area contributed by atoms with E-state index < -0.39 is 0 Å². The summed E-state index contributed by atoms with van der Waals surface area (Å²) in [5, 5.41) is 0. The third-order valence-corrected chi connectivity index (χ3v) is 2.58. The molecule has 1 nitrogen and oxygen atoms in total. The summed E-state index contributed by atoms with van der Waals surface area (Å²) in [6.45, 7) is 4.04. The molecule has 2 aromatic rings. The predicted octanol–water partition coefficient (Wildman–Crippen LogP) is 4.74. The highest BCUT2D eigenvalue weighted by molar-refractivity contribution is 5.40. The molecule has 0 aliphatic rings. The first kappa shape index (κ1) is 11.6. The Labute approximate surface area is 101 Å². The lowest BCUT2D eigenvalue weighted by Gasteiger charge is -2.14. The average molecular weight is 230 g/mol. The molecule has 0 heterocycles. The van der Waals surface area contributed by atoms with Crippen molar-refractivity contribution in [3.8, 4) is 11.5 Å². The van der Waals surface area contributed by atoms with E-state index in [1.807, 2.05) is 50.2 Å². The van der Waals surface area contributed by atoms with Crippen molar-refractivity contribution in [1.82, 2.24) is 0 Å². The number of halogens is 1. The second kappa shape index (κ2) is 5.00. The predicted molar refractivity (Wildman–Crippen MR) is 67.0 cm³/mol. The molecule has 0 saturated heterocycles. The monoisotopic (exact) mass is 230 g/mol. The maximum Gasteiger partial charge on any atom is 0.166 e. The van der Waals surface area contributed by atoms with Crippen molar-refractivity contribution in [3.63, 3.8) is 0 Å². The van der Waals surface area contributed by atoms with Gasteiger partial charge in [0.05, 0.1) is 0 Å². The molecule has 0 spiro atoms. The minimum Gasteiger partial charge on any atom is -0.454 e. The Hall–Kier alpha value is -1.83. The lowest BCUT2D eigenvalue weighted by molar-refractivity contribution is 0.433. The molecule has 2 aromatic carbocycles. The normalized spacial score (nSPS) is 10.6. The Balaban J connectivity index is 2.38. The number of rotatable bonds is 3. The van der Waals surface area contributed by atoms with Gasteiger partial charge in [-0.05, 0) is 24.1 Å². The summed E-state index contributed by atoms with van der Waals surface area (Å²) < 4.78 is 19.4. The Morgan fingerprint density at radius 3 is 2.29 bits per heavy atom. The summed E-state index contributed by atoms with van der Waals surface area (Å²) in [5.41, 5.74) is 0.883. The van der Waals surface area contributed by atoms with Crippen LogP contribution in [0.15, 0.2) is 48.5 Å². The van der Waals surface area contributed by atoms with Gasteiger partial charge in [0.25, 0.3) is 0 Å². The van der Waals surface area contributed by atoms with Crippen LogP contribution in [0.2, 0.25) is 0 Å². The van der Waals surface area contributed by atoms with E-state index in [0.717, 1.165) is 5.56 Å². The molecule has 2 rings (SSSR count). The van der Waals surface area contributed by atoms with Crippen LogP contribution in [0.1, 0.15) is 25.3 Å². The summed E-state index contributed by atoms with van der Waals surface area (Å²) >= 11 is 0. The third kappa shape index (κ3) is 2.64.